The predicted octanol–water partition coefficient (Wildman–Crippen LogP) is -4.03. The van der Waals surface area contributed by atoms with Crippen LogP contribution in [0.15, 0.2) is 0 Å². The fourth-order valence-corrected chi connectivity index (χ4v) is 1.07. The molecule has 0 radical (unpaired) electrons. The molecule has 4 atom stereocenters. The Morgan fingerprint density at radius 3 is 1.94 bits per heavy atom. The summed E-state index contributed by atoms with van der Waals surface area (Å²) in [7, 11) is -5.19. The number of aliphatic hydroxyl groups is 4. The first-order valence-electron chi connectivity index (χ1n) is 3.98. The van der Waals surface area contributed by atoms with E-state index in [-0.39, 0.29) is 6.29 Å². The first-order chi connectivity index (χ1) is 7.60. The summed E-state index contributed by atoms with van der Waals surface area (Å²) in [4.78, 5) is 20.8. The van der Waals surface area contributed by atoms with Gasteiger partial charge >= 0.3 is 16.4 Å². The Morgan fingerprint density at radius 1 is 1.12 bits per heavy atom. The third kappa shape index (κ3) is 5.16. The Hall–Kier alpha value is -1.11. The molecule has 0 rings (SSSR count). The maximum atomic E-state index is 10.8. The highest BCUT2D eigenvalue weighted by Gasteiger charge is 2.36. The van der Waals surface area contributed by atoms with Gasteiger partial charge in [0.15, 0.2) is 12.4 Å². The van der Waals surface area contributed by atoms with Crippen molar-refractivity contribution in [2.24, 2.45) is 0 Å². The molecule has 0 unspecified atom stereocenters. The third-order valence-corrected chi connectivity index (χ3v) is 1.97. The van der Waals surface area contributed by atoms with Gasteiger partial charge in [0.1, 0.15) is 18.3 Å². The van der Waals surface area contributed by atoms with E-state index in [1.54, 1.807) is 0 Å². The number of hydrogen-bond donors (Lipinski definition) is 5. The van der Waals surface area contributed by atoms with Gasteiger partial charge in [-0.1, -0.05) is 0 Å². The van der Waals surface area contributed by atoms with E-state index in [4.69, 9.17) is 25.0 Å². The van der Waals surface area contributed by atoms with Gasteiger partial charge in [-0.3, -0.25) is 4.55 Å². The molecule has 11 heteroatoms. The zero-order valence-electron chi connectivity index (χ0n) is 8.07. The monoisotopic (exact) mass is 274 g/mol. The van der Waals surface area contributed by atoms with Gasteiger partial charge in [0.05, 0.1) is 0 Å². The molecule has 0 aromatic carbocycles. The molecule has 0 amide bonds. The van der Waals surface area contributed by atoms with Crippen LogP contribution in [0.2, 0.25) is 0 Å². The van der Waals surface area contributed by atoms with E-state index in [2.05, 4.69) is 4.18 Å². The van der Waals surface area contributed by atoms with Crippen molar-refractivity contribution in [3.8, 4) is 0 Å². The maximum absolute atomic E-state index is 10.8. The molecule has 0 aromatic heterocycles. The second-order valence-corrected chi connectivity index (χ2v) is 3.90. The number of aliphatic hydroxyl groups excluding tert-OH is 4. The summed E-state index contributed by atoms with van der Waals surface area (Å²) in [5.41, 5.74) is 0. The summed E-state index contributed by atoms with van der Waals surface area (Å²) in [6.07, 6.45) is -9.49. The zero-order valence-corrected chi connectivity index (χ0v) is 8.89. The molecule has 0 saturated carbocycles. The minimum absolute atomic E-state index is 0.186. The molecule has 0 saturated heterocycles. The first kappa shape index (κ1) is 15.9. The Bertz CT molecular complexity index is 374. The largest absolute Gasteiger partial charge is 0.449 e. The Morgan fingerprint density at radius 2 is 1.59 bits per heavy atom. The van der Waals surface area contributed by atoms with Crippen molar-refractivity contribution < 1.29 is 47.2 Å². The molecule has 10 nitrogen and oxygen atoms in total. The average molecular weight is 274 g/mol. The summed E-state index contributed by atoms with van der Waals surface area (Å²) in [5.74, 6) is -1.99. The molecule has 0 aromatic rings. The van der Waals surface area contributed by atoms with E-state index < -0.39 is 40.8 Å². The van der Waals surface area contributed by atoms with Crippen LogP contribution in [0.25, 0.3) is 0 Å². The predicted molar refractivity (Wildman–Crippen MR) is 47.7 cm³/mol. The Kier molecular flexibility index (Phi) is 5.60. The minimum Gasteiger partial charge on any atom is -0.387 e. The molecule has 0 fully saturated rings. The van der Waals surface area contributed by atoms with Crippen molar-refractivity contribution >= 4 is 22.7 Å². The molecule has 0 aliphatic carbocycles. The lowest BCUT2D eigenvalue weighted by molar-refractivity contribution is -0.161. The van der Waals surface area contributed by atoms with Gasteiger partial charge in [0.25, 0.3) is 0 Å². The first-order valence-corrected chi connectivity index (χ1v) is 5.35. The minimum atomic E-state index is -5.19. The smallest absolute Gasteiger partial charge is 0.387 e. The van der Waals surface area contributed by atoms with Gasteiger partial charge in [0, 0.05) is 0 Å². The van der Waals surface area contributed by atoms with Crippen molar-refractivity contribution in [1.29, 1.82) is 0 Å². The SMILES string of the molecule is O=C[C@H](O)[C@@H](O)[C@H](O)[C@@H](O)C(=O)OS(=O)(=O)O. The van der Waals surface area contributed by atoms with Crippen molar-refractivity contribution in [2.45, 2.75) is 24.4 Å². The fourth-order valence-electron chi connectivity index (χ4n) is 0.762. The van der Waals surface area contributed by atoms with E-state index >= 15 is 0 Å². The van der Waals surface area contributed by atoms with Crippen LogP contribution in [0.5, 0.6) is 0 Å². The van der Waals surface area contributed by atoms with E-state index in [0.29, 0.717) is 0 Å². The van der Waals surface area contributed by atoms with Crippen LogP contribution in [-0.2, 0) is 24.2 Å². The summed E-state index contributed by atoms with van der Waals surface area (Å²) in [5, 5.41) is 35.8. The highest BCUT2D eigenvalue weighted by molar-refractivity contribution is 7.81. The molecule has 0 bridgehead atoms. The van der Waals surface area contributed by atoms with Crippen molar-refractivity contribution in [3.05, 3.63) is 0 Å². The van der Waals surface area contributed by atoms with Gasteiger partial charge in [0.2, 0.25) is 0 Å². The van der Waals surface area contributed by atoms with Crippen LogP contribution in [0.1, 0.15) is 0 Å². The normalized spacial score (nSPS) is 18.9. The molecule has 0 aliphatic heterocycles. The Balaban J connectivity index is 4.65. The fraction of sp³-hybridized carbons (Fsp3) is 0.667. The van der Waals surface area contributed by atoms with Crippen LogP contribution < -0.4 is 0 Å². The molecule has 17 heavy (non-hydrogen) atoms. The number of rotatable bonds is 6. The number of aldehydes is 1. The van der Waals surface area contributed by atoms with E-state index in [1.807, 2.05) is 0 Å². The van der Waals surface area contributed by atoms with Crippen LogP contribution in [0.4, 0.5) is 0 Å². The van der Waals surface area contributed by atoms with Gasteiger partial charge in [-0.15, -0.1) is 0 Å². The molecule has 0 spiro atoms. The molecule has 5 N–H and O–H groups in total. The van der Waals surface area contributed by atoms with Crippen molar-refractivity contribution in [2.75, 3.05) is 0 Å². The van der Waals surface area contributed by atoms with Crippen LogP contribution in [0.3, 0.4) is 0 Å². The van der Waals surface area contributed by atoms with Gasteiger partial charge in [-0.25, -0.2) is 4.79 Å². The van der Waals surface area contributed by atoms with Crippen LogP contribution >= 0.6 is 0 Å². The van der Waals surface area contributed by atoms with E-state index in [0.717, 1.165) is 0 Å². The summed E-state index contributed by atoms with van der Waals surface area (Å²) in [6, 6.07) is 0. The lowest BCUT2D eigenvalue weighted by Gasteiger charge is -2.22. The van der Waals surface area contributed by atoms with E-state index in [1.165, 1.54) is 0 Å². The second kappa shape index (κ2) is 6.00. The van der Waals surface area contributed by atoms with Gasteiger partial charge in [-0.2, -0.15) is 8.42 Å². The summed E-state index contributed by atoms with van der Waals surface area (Å²) >= 11 is 0. The lowest BCUT2D eigenvalue weighted by atomic mass is 10.0. The zero-order chi connectivity index (χ0) is 13.8. The second-order valence-electron chi connectivity index (χ2n) is 2.88. The van der Waals surface area contributed by atoms with Gasteiger partial charge < -0.3 is 29.4 Å². The van der Waals surface area contributed by atoms with E-state index in [9.17, 15) is 18.0 Å². The standard InChI is InChI=1S/C6H10O10S/c7-1-2(8)3(9)4(10)5(11)6(12)16-17(13,14)15/h1-5,8-11H,(H,13,14,15)/t2-,3+,4-,5+/m0/s1. The molecular weight excluding hydrogens is 264 g/mol. The number of hydrogen-bond acceptors (Lipinski definition) is 9. The topological polar surface area (TPSA) is 179 Å². The van der Waals surface area contributed by atoms with Gasteiger partial charge in [-0.05, 0) is 0 Å². The lowest BCUT2D eigenvalue weighted by Crippen LogP contribution is -2.48. The average Bonchev–Trinajstić information content (AvgIpc) is 2.22. The molecule has 100 valence electrons. The summed E-state index contributed by atoms with van der Waals surface area (Å²) in [6.45, 7) is 0. The molecule has 0 aliphatic rings. The van der Waals surface area contributed by atoms with Crippen molar-refractivity contribution in [3.63, 3.8) is 0 Å². The highest BCUT2D eigenvalue weighted by Crippen LogP contribution is 2.06. The third-order valence-electron chi connectivity index (χ3n) is 1.59. The molecular formula is C6H10O10S. The van der Waals surface area contributed by atoms with Crippen molar-refractivity contribution in [1.82, 2.24) is 0 Å². The number of carbonyl (C=O) groups excluding carboxylic acids is 2. The van der Waals surface area contributed by atoms with Crippen LogP contribution in [-0.4, -0.2) is 70.1 Å². The molecule has 0 heterocycles. The Labute approximate surface area is 95.0 Å². The number of carbonyl (C=O) groups is 2. The maximum Gasteiger partial charge on any atom is 0.449 e. The highest BCUT2D eigenvalue weighted by atomic mass is 32.3. The summed E-state index contributed by atoms with van der Waals surface area (Å²) < 4.78 is 31.5. The quantitative estimate of drug-likeness (QED) is 0.236. The van der Waals surface area contributed by atoms with Crippen LogP contribution in [0, 0.1) is 0 Å².